The molecule has 0 aliphatic rings. The van der Waals surface area contributed by atoms with E-state index in [9.17, 15) is 9.59 Å². The Hall–Kier alpha value is -5.00. The molecule has 0 radical (unpaired) electrons. The summed E-state index contributed by atoms with van der Waals surface area (Å²) in [6.07, 6.45) is 3.73. The summed E-state index contributed by atoms with van der Waals surface area (Å²) in [7, 11) is 0. The molecule has 4 aromatic carbocycles. The molecule has 0 unspecified atom stereocenters. The van der Waals surface area contributed by atoms with E-state index in [2.05, 4.69) is 20.2 Å². The van der Waals surface area contributed by atoms with E-state index in [1.165, 1.54) is 32.9 Å². The number of hydrogen-bond donors (Lipinski definition) is 0. The highest BCUT2D eigenvalue weighted by atomic mass is 32.2. The smallest absolute Gasteiger partial charge is 0.280 e. The molecule has 0 atom stereocenters. The molecule has 0 N–H and O–H groups in total. The van der Waals surface area contributed by atoms with Crippen LogP contribution in [0.5, 0.6) is 11.5 Å². The molecular formula is C34H28N6O3S2. The van der Waals surface area contributed by atoms with Crippen molar-refractivity contribution < 1.29 is 14.3 Å². The fourth-order valence-corrected chi connectivity index (χ4v) is 5.65. The van der Waals surface area contributed by atoms with Gasteiger partial charge in [0, 0.05) is 22.3 Å². The Balaban J connectivity index is 1.21. The minimum atomic E-state index is -0.282. The van der Waals surface area contributed by atoms with Gasteiger partial charge in [0.25, 0.3) is 11.8 Å². The molecule has 0 saturated heterocycles. The number of rotatable bonds is 8. The first-order valence-electron chi connectivity index (χ1n) is 14.0. The number of hydrogen-bond acceptors (Lipinski definition) is 9. The molecule has 6 aromatic rings. The van der Waals surface area contributed by atoms with Gasteiger partial charge >= 0.3 is 0 Å². The maximum Gasteiger partial charge on any atom is 0.280 e. The molecule has 11 heteroatoms. The summed E-state index contributed by atoms with van der Waals surface area (Å²) in [5.74, 6) is 1.61. The summed E-state index contributed by atoms with van der Waals surface area (Å²) in [4.78, 5) is 36.0. The standard InChI is InChI=1S/C34H28N6O3S2/c1-21-19-25(31(41)39-33(44-3)35-29(37-39)23-11-7-5-8-12-23)15-17-27(21)43-28-18-16-26(20-22(28)2)32(42)40-34(45-4)36-30(38-40)24-13-9-6-10-14-24/h5-20H,1-4H3. The Morgan fingerprint density at radius 2 is 1.00 bits per heavy atom. The number of carbonyl (C=O) groups excluding carboxylic acids is 2. The Bertz CT molecular complexity index is 1880. The van der Waals surface area contributed by atoms with Gasteiger partial charge in [-0.15, -0.1) is 10.2 Å². The first kappa shape index (κ1) is 30.0. The molecule has 6 rings (SSSR count). The second-order valence-electron chi connectivity index (χ2n) is 10.1. The van der Waals surface area contributed by atoms with Crippen molar-refractivity contribution in [2.75, 3.05) is 12.5 Å². The third-order valence-electron chi connectivity index (χ3n) is 7.03. The third kappa shape index (κ3) is 6.17. The summed E-state index contributed by atoms with van der Waals surface area (Å²) in [6, 6.07) is 29.6. The first-order valence-corrected chi connectivity index (χ1v) is 16.4. The van der Waals surface area contributed by atoms with Crippen molar-refractivity contribution in [3.05, 3.63) is 119 Å². The van der Waals surface area contributed by atoms with E-state index in [-0.39, 0.29) is 11.8 Å². The van der Waals surface area contributed by atoms with E-state index in [4.69, 9.17) is 4.74 Å². The van der Waals surface area contributed by atoms with Crippen LogP contribution in [0.2, 0.25) is 0 Å². The van der Waals surface area contributed by atoms with E-state index < -0.39 is 0 Å². The summed E-state index contributed by atoms with van der Waals surface area (Å²) >= 11 is 2.72. The number of aromatic nitrogens is 6. The lowest BCUT2D eigenvalue weighted by Crippen LogP contribution is -2.15. The number of aryl methyl sites for hydroxylation is 2. The van der Waals surface area contributed by atoms with Crippen LogP contribution in [0.3, 0.4) is 0 Å². The molecule has 0 aliphatic heterocycles. The van der Waals surface area contributed by atoms with Crippen LogP contribution in [0, 0.1) is 13.8 Å². The van der Waals surface area contributed by atoms with Gasteiger partial charge in [-0.1, -0.05) is 84.2 Å². The van der Waals surface area contributed by atoms with Crippen LogP contribution in [-0.2, 0) is 0 Å². The Morgan fingerprint density at radius 3 is 1.36 bits per heavy atom. The average Bonchev–Trinajstić information content (AvgIpc) is 3.72. The van der Waals surface area contributed by atoms with E-state index in [1.807, 2.05) is 87.0 Å². The Morgan fingerprint density at radius 1 is 0.600 bits per heavy atom. The van der Waals surface area contributed by atoms with Crippen LogP contribution in [0.25, 0.3) is 22.8 Å². The van der Waals surface area contributed by atoms with Crippen molar-refractivity contribution in [1.29, 1.82) is 0 Å². The second kappa shape index (κ2) is 12.9. The number of benzene rings is 4. The van der Waals surface area contributed by atoms with Crippen LogP contribution in [0.1, 0.15) is 31.8 Å². The topological polar surface area (TPSA) is 105 Å². The fourth-order valence-electron chi connectivity index (χ4n) is 4.70. The molecule has 0 bridgehead atoms. The van der Waals surface area contributed by atoms with Crippen molar-refractivity contribution >= 4 is 35.3 Å². The van der Waals surface area contributed by atoms with Crippen LogP contribution in [0.15, 0.2) is 107 Å². The minimum Gasteiger partial charge on any atom is -0.457 e. The molecule has 2 heterocycles. The van der Waals surface area contributed by atoms with Crippen molar-refractivity contribution in [2.24, 2.45) is 0 Å². The van der Waals surface area contributed by atoms with Crippen molar-refractivity contribution in [2.45, 2.75) is 24.2 Å². The van der Waals surface area contributed by atoms with Crippen LogP contribution in [0.4, 0.5) is 0 Å². The number of nitrogens with zero attached hydrogens (tertiary/aromatic N) is 6. The lowest BCUT2D eigenvalue weighted by molar-refractivity contribution is 0.0926. The summed E-state index contributed by atoms with van der Waals surface area (Å²) < 4.78 is 8.91. The van der Waals surface area contributed by atoms with Gasteiger partial charge in [-0.3, -0.25) is 9.59 Å². The minimum absolute atomic E-state index is 0.282. The van der Waals surface area contributed by atoms with E-state index in [0.717, 1.165) is 22.3 Å². The van der Waals surface area contributed by atoms with Crippen molar-refractivity contribution in [3.8, 4) is 34.3 Å². The van der Waals surface area contributed by atoms with Gasteiger partial charge in [0.1, 0.15) is 11.5 Å². The molecule has 9 nitrogen and oxygen atoms in total. The molecule has 0 spiro atoms. The maximum absolute atomic E-state index is 13.5. The maximum atomic E-state index is 13.5. The second-order valence-corrected chi connectivity index (χ2v) is 11.6. The lowest BCUT2D eigenvalue weighted by atomic mass is 10.1. The summed E-state index contributed by atoms with van der Waals surface area (Å²) in [6.45, 7) is 3.76. The fraction of sp³-hybridized carbons (Fsp3) is 0.118. The SMILES string of the molecule is CSc1nc(-c2ccccc2)nn1C(=O)c1ccc(Oc2ccc(C(=O)n3nc(-c4ccccc4)nc3SC)cc2C)c(C)c1. The summed E-state index contributed by atoms with van der Waals surface area (Å²) in [5.41, 5.74) is 4.15. The monoisotopic (exact) mass is 632 g/mol. The zero-order valence-corrected chi connectivity index (χ0v) is 26.6. The predicted molar refractivity (Wildman–Crippen MR) is 176 cm³/mol. The van der Waals surface area contributed by atoms with Crippen LogP contribution in [-0.4, -0.2) is 53.9 Å². The summed E-state index contributed by atoms with van der Waals surface area (Å²) in [5, 5.41) is 10.0. The first-order chi connectivity index (χ1) is 21.9. The number of carbonyl (C=O) groups is 2. The zero-order valence-electron chi connectivity index (χ0n) is 25.0. The highest BCUT2D eigenvalue weighted by Crippen LogP contribution is 2.30. The van der Waals surface area contributed by atoms with Crippen molar-refractivity contribution in [3.63, 3.8) is 0 Å². The quantitative estimate of drug-likeness (QED) is 0.158. The van der Waals surface area contributed by atoms with Gasteiger partial charge in [-0.2, -0.15) is 9.36 Å². The van der Waals surface area contributed by atoms with Gasteiger partial charge in [0.15, 0.2) is 22.0 Å². The molecule has 224 valence electrons. The van der Waals surface area contributed by atoms with Crippen molar-refractivity contribution in [1.82, 2.24) is 29.5 Å². The van der Waals surface area contributed by atoms with Crippen LogP contribution < -0.4 is 4.74 Å². The van der Waals surface area contributed by atoms with Gasteiger partial charge in [-0.05, 0) is 73.9 Å². The molecule has 0 saturated carbocycles. The Labute approximate surface area is 268 Å². The van der Waals surface area contributed by atoms with E-state index in [0.29, 0.717) is 44.6 Å². The normalized spacial score (nSPS) is 11.0. The molecule has 2 aromatic heterocycles. The third-order valence-corrected chi connectivity index (χ3v) is 8.29. The molecule has 0 amide bonds. The lowest BCUT2D eigenvalue weighted by Gasteiger charge is -2.13. The molecule has 45 heavy (non-hydrogen) atoms. The van der Waals surface area contributed by atoms with Gasteiger partial charge in [0.05, 0.1) is 0 Å². The highest BCUT2D eigenvalue weighted by Gasteiger charge is 2.21. The van der Waals surface area contributed by atoms with Crippen LogP contribution >= 0.6 is 23.5 Å². The predicted octanol–water partition coefficient (Wildman–Crippen LogP) is 7.43. The van der Waals surface area contributed by atoms with E-state index >= 15 is 0 Å². The zero-order chi connectivity index (χ0) is 31.5. The van der Waals surface area contributed by atoms with E-state index in [1.54, 1.807) is 36.4 Å². The number of ether oxygens (including phenoxy) is 1. The molecular weight excluding hydrogens is 605 g/mol. The van der Waals surface area contributed by atoms with Gasteiger partial charge < -0.3 is 4.74 Å². The van der Waals surface area contributed by atoms with Gasteiger partial charge in [0.2, 0.25) is 0 Å². The highest BCUT2D eigenvalue weighted by molar-refractivity contribution is 7.98. The average molecular weight is 633 g/mol. The molecule has 0 fully saturated rings. The number of thioether (sulfide) groups is 2. The largest absolute Gasteiger partial charge is 0.457 e. The van der Waals surface area contributed by atoms with Gasteiger partial charge in [-0.25, -0.2) is 9.97 Å². The molecule has 0 aliphatic carbocycles. The Kier molecular flexibility index (Phi) is 8.63.